The van der Waals surface area contributed by atoms with Crippen molar-refractivity contribution in [1.82, 2.24) is 5.32 Å². The Morgan fingerprint density at radius 2 is 1.75 bits per heavy atom. The van der Waals surface area contributed by atoms with E-state index < -0.39 is 0 Å². The average Bonchev–Trinajstić information content (AvgIpc) is 3.11. The summed E-state index contributed by atoms with van der Waals surface area (Å²) in [7, 11) is 0. The Balaban J connectivity index is 1.57. The topological polar surface area (TPSA) is 50.4 Å². The lowest BCUT2D eigenvalue weighted by Gasteiger charge is -2.12. The molecule has 4 nitrogen and oxygen atoms in total. The normalized spacial score (nSPS) is 10.3. The molecule has 0 radical (unpaired) electrons. The summed E-state index contributed by atoms with van der Waals surface area (Å²) in [5, 5.41) is 8.04. The Morgan fingerprint density at radius 3 is 2.54 bits per heavy atom. The SMILES string of the molecule is O=C(CNCc1cccs1)Nc1ccccc1Oc1ccccc1. The number of anilines is 1. The molecule has 0 fully saturated rings. The molecule has 1 aromatic heterocycles. The van der Waals surface area contributed by atoms with Crippen LogP contribution in [0.25, 0.3) is 0 Å². The van der Waals surface area contributed by atoms with Gasteiger partial charge >= 0.3 is 0 Å². The van der Waals surface area contributed by atoms with Crippen LogP contribution < -0.4 is 15.4 Å². The second-order valence-electron chi connectivity index (χ2n) is 5.14. The van der Waals surface area contributed by atoms with E-state index in [1.165, 1.54) is 4.88 Å². The van der Waals surface area contributed by atoms with E-state index in [1.807, 2.05) is 72.1 Å². The van der Waals surface area contributed by atoms with Gasteiger partial charge in [-0.05, 0) is 35.7 Å². The molecule has 0 atom stereocenters. The van der Waals surface area contributed by atoms with Gasteiger partial charge in [-0.3, -0.25) is 4.79 Å². The van der Waals surface area contributed by atoms with Crippen molar-refractivity contribution < 1.29 is 9.53 Å². The van der Waals surface area contributed by atoms with E-state index in [2.05, 4.69) is 10.6 Å². The van der Waals surface area contributed by atoms with Gasteiger partial charge in [-0.2, -0.15) is 0 Å². The molecule has 0 aliphatic rings. The van der Waals surface area contributed by atoms with Crippen LogP contribution in [0.3, 0.4) is 0 Å². The summed E-state index contributed by atoms with van der Waals surface area (Å²) in [5.74, 6) is 1.25. The Kier molecular flexibility index (Phi) is 5.61. The van der Waals surface area contributed by atoms with Crippen LogP contribution in [-0.2, 0) is 11.3 Å². The summed E-state index contributed by atoms with van der Waals surface area (Å²) >= 11 is 1.67. The van der Waals surface area contributed by atoms with E-state index in [0.717, 1.165) is 5.75 Å². The van der Waals surface area contributed by atoms with Crippen molar-refractivity contribution in [1.29, 1.82) is 0 Å². The molecule has 2 aromatic carbocycles. The monoisotopic (exact) mass is 338 g/mol. The molecule has 2 N–H and O–H groups in total. The molecule has 1 amide bonds. The number of ether oxygens (including phenoxy) is 1. The first-order valence-electron chi connectivity index (χ1n) is 7.66. The van der Waals surface area contributed by atoms with Gasteiger partial charge in [-0.1, -0.05) is 36.4 Å². The quantitative estimate of drug-likeness (QED) is 0.676. The Morgan fingerprint density at radius 1 is 0.958 bits per heavy atom. The third kappa shape index (κ3) is 4.68. The van der Waals surface area contributed by atoms with Gasteiger partial charge < -0.3 is 15.4 Å². The minimum Gasteiger partial charge on any atom is -0.455 e. The number of rotatable bonds is 7. The van der Waals surface area contributed by atoms with E-state index in [0.29, 0.717) is 18.0 Å². The van der Waals surface area contributed by atoms with Crippen molar-refractivity contribution in [3.05, 3.63) is 77.0 Å². The zero-order valence-corrected chi connectivity index (χ0v) is 13.9. The zero-order chi connectivity index (χ0) is 16.6. The number of benzene rings is 2. The smallest absolute Gasteiger partial charge is 0.238 e. The van der Waals surface area contributed by atoms with Crippen molar-refractivity contribution in [2.45, 2.75) is 6.54 Å². The summed E-state index contributed by atoms with van der Waals surface area (Å²) in [4.78, 5) is 13.3. The average molecular weight is 338 g/mol. The molecule has 3 aromatic rings. The fraction of sp³-hybridized carbons (Fsp3) is 0.105. The Labute approximate surface area is 145 Å². The number of thiophene rings is 1. The summed E-state index contributed by atoms with van der Waals surface area (Å²) in [6.45, 7) is 0.935. The molecule has 24 heavy (non-hydrogen) atoms. The lowest BCUT2D eigenvalue weighted by molar-refractivity contribution is -0.115. The fourth-order valence-corrected chi connectivity index (χ4v) is 2.86. The molecule has 0 spiro atoms. The maximum Gasteiger partial charge on any atom is 0.238 e. The molecule has 122 valence electrons. The van der Waals surface area contributed by atoms with Crippen LogP contribution in [0.1, 0.15) is 4.88 Å². The fourth-order valence-electron chi connectivity index (χ4n) is 2.18. The van der Waals surface area contributed by atoms with Crippen LogP contribution in [-0.4, -0.2) is 12.5 Å². The van der Waals surface area contributed by atoms with E-state index in [1.54, 1.807) is 11.3 Å². The van der Waals surface area contributed by atoms with Crippen LogP contribution in [0.5, 0.6) is 11.5 Å². The van der Waals surface area contributed by atoms with Gasteiger partial charge in [0.05, 0.1) is 12.2 Å². The van der Waals surface area contributed by atoms with Crippen LogP contribution in [0, 0.1) is 0 Å². The highest BCUT2D eigenvalue weighted by molar-refractivity contribution is 7.09. The number of carbonyl (C=O) groups is 1. The lowest BCUT2D eigenvalue weighted by atomic mass is 10.3. The number of carbonyl (C=O) groups excluding carboxylic acids is 1. The van der Waals surface area contributed by atoms with Crippen LogP contribution in [0.2, 0.25) is 0 Å². The molecular weight excluding hydrogens is 320 g/mol. The van der Waals surface area contributed by atoms with Crippen molar-refractivity contribution in [3.63, 3.8) is 0 Å². The van der Waals surface area contributed by atoms with Gasteiger partial charge in [0.1, 0.15) is 5.75 Å². The van der Waals surface area contributed by atoms with Crippen molar-refractivity contribution in [2.24, 2.45) is 0 Å². The summed E-state index contributed by atoms with van der Waals surface area (Å²) in [6, 6.07) is 20.9. The number of hydrogen-bond acceptors (Lipinski definition) is 4. The molecule has 0 saturated carbocycles. The van der Waals surface area contributed by atoms with Crippen LogP contribution in [0.15, 0.2) is 72.1 Å². The number of amides is 1. The number of para-hydroxylation sites is 3. The first-order chi connectivity index (χ1) is 11.8. The van der Waals surface area contributed by atoms with Gasteiger partial charge in [0.25, 0.3) is 0 Å². The first kappa shape index (κ1) is 16.2. The maximum atomic E-state index is 12.1. The zero-order valence-electron chi connectivity index (χ0n) is 13.1. The molecule has 0 aliphatic heterocycles. The lowest BCUT2D eigenvalue weighted by Crippen LogP contribution is -2.27. The number of nitrogens with one attached hydrogen (secondary N) is 2. The van der Waals surface area contributed by atoms with Crippen molar-refractivity contribution in [2.75, 3.05) is 11.9 Å². The highest BCUT2D eigenvalue weighted by atomic mass is 32.1. The number of hydrogen-bond donors (Lipinski definition) is 2. The highest BCUT2D eigenvalue weighted by Gasteiger charge is 2.08. The third-order valence-corrected chi connectivity index (χ3v) is 4.17. The second kappa shape index (κ2) is 8.29. The molecule has 1 heterocycles. The van der Waals surface area contributed by atoms with Crippen LogP contribution >= 0.6 is 11.3 Å². The van der Waals surface area contributed by atoms with Gasteiger partial charge in [0.2, 0.25) is 5.91 Å². The first-order valence-corrected chi connectivity index (χ1v) is 8.54. The van der Waals surface area contributed by atoms with Gasteiger partial charge in [0, 0.05) is 11.4 Å². The third-order valence-electron chi connectivity index (χ3n) is 3.30. The molecule has 5 heteroatoms. The summed E-state index contributed by atoms with van der Waals surface area (Å²) < 4.78 is 5.84. The van der Waals surface area contributed by atoms with Gasteiger partial charge in [-0.25, -0.2) is 0 Å². The molecular formula is C19H18N2O2S. The predicted octanol–water partition coefficient (Wildman–Crippen LogP) is 4.27. The molecule has 0 saturated heterocycles. The van der Waals surface area contributed by atoms with Crippen molar-refractivity contribution >= 4 is 22.9 Å². The Bertz CT molecular complexity index is 773. The van der Waals surface area contributed by atoms with Crippen LogP contribution in [0.4, 0.5) is 5.69 Å². The standard InChI is InChI=1S/C19H18N2O2S/c22-19(14-20-13-16-9-6-12-24-16)21-17-10-4-5-11-18(17)23-15-7-2-1-3-8-15/h1-12,20H,13-14H2,(H,21,22). The molecule has 0 unspecified atom stereocenters. The van der Waals surface area contributed by atoms with Gasteiger partial charge in [0.15, 0.2) is 5.75 Å². The molecule has 0 bridgehead atoms. The van der Waals surface area contributed by atoms with Crippen molar-refractivity contribution in [3.8, 4) is 11.5 Å². The summed E-state index contributed by atoms with van der Waals surface area (Å²) in [5.41, 5.74) is 0.657. The van der Waals surface area contributed by atoms with E-state index >= 15 is 0 Å². The second-order valence-corrected chi connectivity index (χ2v) is 6.17. The largest absolute Gasteiger partial charge is 0.455 e. The molecule has 3 rings (SSSR count). The van der Waals surface area contributed by atoms with E-state index in [4.69, 9.17) is 4.74 Å². The minimum absolute atomic E-state index is 0.101. The highest BCUT2D eigenvalue weighted by Crippen LogP contribution is 2.28. The summed E-state index contributed by atoms with van der Waals surface area (Å²) in [6.07, 6.45) is 0. The Hall–Kier alpha value is -2.63. The maximum absolute atomic E-state index is 12.1. The van der Waals surface area contributed by atoms with E-state index in [9.17, 15) is 4.79 Å². The predicted molar refractivity (Wildman–Crippen MR) is 97.6 cm³/mol. The minimum atomic E-state index is -0.101. The van der Waals surface area contributed by atoms with E-state index in [-0.39, 0.29) is 12.5 Å². The van der Waals surface area contributed by atoms with Gasteiger partial charge in [-0.15, -0.1) is 11.3 Å². The molecule has 0 aliphatic carbocycles.